The van der Waals surface area contributed by atoms with Crippen molar-refractivity contribution < 1.29 is 0 Å². The third-order valence-corrected chi connectivity index (χ3v) is 4.94. The summed E-state index contributed by atoms with van der Waals surface area (Å²) in [4.78, 5) is 1.27. The van der Waals surface area contributed by atoms with Crippen molar-refractivity contribution in [2.75, 3.05) is 0 Å². The van der Waals surface area contributed by atoms with Crippen LogP contribution in [0.25, 0.3) is 0 Å². The lowest BCUT2D eigenvalue weighted by molar-refractivity contribution is 0.383. The smallest absolute Gasteiger partial charge is 0.0387 e. The number of hydrogen-bond donors (Lipinski definition) is 0. The molecule has 0 spiro atoms. The zero-order chi connectivity index (χ0) is 16.5. The highest BCUT2D eigenvalue weighted by atomic mass is 79.9. The molecule has 2 rings (SSSR count). The number of thioether (sulfide) groups is 1. The van der Waals surface area contributed by atoms with E-state index in [9.17, 15) is 0 Å². The fourth-order valence-electron chi connectivity index (χ4n) is 2.01. The molecule has 118 valence electrons. The first-order valence-electron chi connectivity index (χ1n) is 7.67. The molecule has 23 heavy (non-hydrogen) atoms. The second-order valence-corrected chi connectivity index (χ2v) is 7.96. The van der Waals surface area contributed by atoms with Gasteiger partial charge in [0, 0.05) is 21.4 Å². The van der Waals surface area contributed by atoms with Crippen molar-refractivity contribution in [2.45, 2.75) is 31.6 Å². The van der Waals surface area contributed by atoms with Gasteiger partial charge in [-0.25, -0.2) is 0 Å². The van der Waals surface area contributed by atoms with E-state index in [1.807, 2.05) is 30.3 Å². The van der Waals surface area contributed by atoms with Gasteiger partial charge in [0.2, 0.25) is 0 Å². The van der Waals surface area contributed by atoms with E-state index in [0.29, 0.717) is 0 Å². The number of allylic oxidation sites excluding steroid dienone is 1. The summed E-state index contributed by atoms with van der Waals surface area (Å²) >= 11 is 5.29. The lowest BCUT2D eigenvalue weighted by Crippen LogP contribution is -2.08. The summed E-state index contributed by atoms with van der Waals surface area (Å²) in [6.07, 6.45) is 4.16. The second-order valence-electron chi connectivity index (χ2n) is 6.13. The van der Waals surface area contributed by atoms with Gasteiger partial charge in [-0.2, -0.15) is 0 Å². The monoisotopic (exact) mass is 384 g/mol. The molecular weight excluding hydrogens is 364 g/mol. The first kappa shape index (κ1) is 17.9. The average Bonchev–Trinajstić information content (AvgIpc) is 2.54. The summed E-state index contributed by atoms with van der Waals surface area (Å²) < 4.78 is 1.06. The van der Waals surface area contributed by atoms with Crippen LogP contribution in [-0.2, 0) is 0 Å². The Hall–Kier alpha value is -1.43. The van der Waals surface area contributed by atoms with Crippen molar-refractivity contribution in [3.05, 3.63) is 76.1 Å². The third kappa shape index (κ3) is 6.69. The molecule has 0 amide bonds. The number of rotatable bonds is 5. The predicted molar refractivity (Wildman–Crippen MR) is 105 cm³/mol. The number of halogens is 1. The first-order valence-corrected chi connectivity index (χ1v) is 9.34. The van der Waals surface area contributed by atoms with Crippen molar-refractivity contribution in [1.82, 2.24) is 0 Å². The van der Waals surface area contributed by atoms with Gasteiger partial charge in [0.1, 0.15) is 0 Å². The molecule has 0 saturated heterocycles. The van der Waals surface area contributed by atoms with E-state index in [2.05, 4.69) is 77.4 Å². The lowest BCUT2D eigenvalue weighted by atomic mass is 9.86. The highest BCUT2D eigenvalue weighted by Crippen LogP contribution is 2.27. The molecule has 0 aromatic heterocycles. The van der Waals surface area contributed by atoms with Gasteiger partial charge in [-0.15, -0.1) is 0 Å². The molecule has 0 nitrogen and oxygen atoms in total. The molecule has 0 unspecified atom stereocenters. The molecule has 2 aromatic carbocycles. The van der Waals surface area contributed by atoms with E-state index >= 15 is 0 Å². The Morgan fingerprint density at radius 3 is 2.48 bits per heavy atom. The fourth-order valence-corrected chi connectivity index (χ4v) is 3.05. The van der Waals surface area contributed by atoms with Crippen LogP contribution in [0, 0.1) is 17.3 Å². The topological polar surface area (TPSA) is 0 Å². The number of benzene rings is 2. The molecule has 0 heterocycles. The minimum absolute atomic E-state index is 0.183. The summed E-state index contributed by atoms with van der Waals surface area (Å²) in [5.74, 6) is 6.58. The van der Waals surface area contributed by atoms with E-state index in [1.54, 1.807) is 11.8 Å². The molecular formula is C21H21BrS. The zero-order valence-corrected chi connectivity index (χ0v) is 16.0. The standard InChI is InChI=1S/C21H21BrS/c1-21(2,15-8-11-18-10-6-7-14-20(18)22)16-9-17-23-19-12-4-3-5-13-19/h3-7,9-10,12-14,17H,15-16H2,1-2H3. The minimum atomic E-state index is 0.183. The Morgan fingerprint density at radius 2 is 1.74 bits per heavy atom. The van der Waals surface area contributed by atoms with Gasteiger partial charge in [0.15, 0.2) is 0 Å². The van der Waals surface area contributed by atoms with Gasteiger partial charge in [-0.3, -0.25) is 0 Å². The first-order chi connectivity index (χ1) is 11.1. The molecule has 0 aliphatic carbocycles. The maximum absolute atomic E-state index is 3.53. The molecule has 0 radical (unpaired) electrons. The molecule has 0 atom stereocenters. The number of hydrogen-bond acceptors (Lipinski definition) is 1. The average molecular weight is 385 g/mol. The summed E-state index contributed by atoms with van der Waals surface area (Å²) in [6, 6.07) is 18.5. The van der Waals surface area contributed by atoms with Crippen molar-refractivity contribution in [2.24, 2.45) is 5.41 Å². The lowest BCUT2D eigenvalue weighted by Gasteiger charge is -2.19. The summed E-state index contributed by atoms with van der Waals surface area (Å²) in [7, 11) is 0. The van der Waals surface area contributed by atoms with Crippen molar-refractivity contribution in [1.29, 1.82) is 0 Å². The minimum Gasteiger partial charge on any atom is -0.0984 e. The van der Waals surface area contributed by atoms with E-state index < -0.39 is 0 Å². The van der Waals surface area contributed by atoms with Gasteiger partial charge in [-0.05, 0) is 57.4 Å². The Balaban J connectivity index is 1.84. The van der Waals surface area contributed by atoms with Gasteiger partial charge < -0.3 is 0 Å². The van der Waals surface area contributed by atoms with Gasteiger partial charge >= 0.3 is 0 Å². The summed E-state index contributed by atoms with van der Waals surface area (Å²) in [5.41, 5.74) is 1.24. The van der Waals surface area contributed by atoms with Crippen LogP contribution in [-0.4, -0.2) is 0 Å². The Labute approximate surface area is 152 Å². The summed E-state index contributed by atoms with van der Waals surface area (Å²) in [5, 5.41) is 2.18. The van der Waals surface area contributed by atoms with Crippen LogP contribution in [0.15, 0.2) is 75.4 Å². The Kier molecular flexibility index (Phi) is 7.02. The van der Waals surface area contributed by atoms with E-state index in [4.69, 9.17) is 0 Å². The zero-order valence-electron chi connectivity index (χ0n) is 13.6. The molecule has 0 saturated carbocycles. The molecule has 0 N–H and O–H groups in total. The van der Waals surface area contributed by atoms with E-state index in [-0.39, 0.29) is 5.41 Å². The summed E-state index contributed by atoms with van der Waals surface area (Å²) in [6.45, 7) is 4.53. The molecule has 2 heteroatoms. The molecule has 0 aliphatic heterocycles. The van der Waals surface area contributed by atoms with E-state index in [0.717, 1.165) is 22.9 Å². The quantitative estimate of drug-likeness (QED) is 0.398. The SMILES string of the molecule is CC(C)(CC#Cc1ccccc1Br)CC=CSc1ccccc1. The molecule has 0 aliphatic rings. The Bertz CT molecular complexity index is 705. The Morgan fingerprint density at radius 1 is 1.04 bits per heavy atom. The highest BCUT2D eigenvalue weighted by molar-refractivity contribution is 9.10. The van der Waals surface area contributed by atoms with Crippen LogP contribution < -0.4 is 0 Å². The second kappa shape index (κ2) is 9.01. The normalized spacial score (nSPS) is 11.3. The van der Waals surface area contributed by atoms with Crippen LogP contribution in [0.2, 0.25) is 0 Å². The maximum Gasteiger partial charge on any atom is 0.0387 e. The predicted octanol–water partition coefficient (Wildman–Crippen LogP) is 6.91. The van der Waals surface area contributed by atoms with Crippen molar-refractivity contribution in [3.8, 4) is 11.8 Å². The van der Waals surface area contributed by atoms with Crippen molar-refractivity contribution in [3.63, 3.8) is 0 Å². The molecule has 0 fully saturated rings. The van der Waals surface area contributed by atoms with Crippen LogP contribution in [0.5, 0.6) is 0 Å². The maximum atomic E-state index is 3.53. The van der Waals surface area contributed by atoms with Crippen molar-refractivity contribution >= 4 is 27.7 Å². The highest BCUT2D eigenvalue weighted by Gasteiger charge is 2.14. The van der Waals surface area contributed by atoms with E-state index in [1.165, 1.54) is 4.90 Å². The van der Waals surface area contributed by atoms with Crippen LogP contribution in [0.3, 0.4) is 0 Å². The van der Waals surface area contributed by atoms with Crippen LogP contribution in [0.4, 0.5) is 0 Å². The third-order valence-electron chi connectivity index (χ3n) is 3.38. The van der Waals surface area contributed by atoms with Gasteiger partial charge in [-0.1, -0.05) is 73.9 Å². The van der Waals surface area contributed by atoms with Crippen LogP contribution >= 0.6 is 27.7 Å². The molecule has 0 bridgehead atoms. The van der Waals surface area contributed by atoms with Crippen LogP contribution in [0.1, 0.15) is 32.3 Å². The fraction of sp³-hybridized carbons (Fsp3) is 0.238. The van der Waals surface area contributed by atoms with Gasteiger partial charge in [0.25, 0.3) is 0 Å². The van der Waals surface area contributed by atoms with Gasteiger partial charge in [0.05, 0.1) is 0 Å². The largest absolute Gasteiger partial charge is 0.0984 e. The molecule has 2 aromatic rings.